The molecule has 0 N–H and O–H groups in total. The molecule has 1 rings (SSSR count). The zero-order chi connectivity index (χ0) is 19.9. The molecular formula is C18H16Cl3NO3S. The summed E-state index contributed by atoms with van der Waals surface area (Å²) in [6.45, 7) is 1.67. The van der Waals surface area contributed by atoms with E-state index in [9.17, 15) is 4.79 Å². The molecule has 0 unspecified atom stereocenters. The zero-order valence-corrected chi connectivity index (χ0v) is 17.0. The molecule has 0 saturated carbocycles. The number of benzene rings is 1. The van der Waals surface area contributed by atoms with Crippen LogP contribution in [0, 0.1) is 11.3 Å². The van der Waals surface area contributed by atoms with E-state index in [-0.39, 0.29) is 6.61 Å². The molecule has 26 heavy (non-hydrogen) atoms. The van der Waals surface area contributed by atoms with Crippen molar-refractivity contribution in [3.63, 3.8) is 0 Å². The van der Waals surface area contributed by atoms with E-state index in [0.29, 0.717) is 33.5 Å². The predicted octanol–water partition coefficient (Wildman–Crippen LogP) is 5.92. The molecular weight excluding hydrogens is 417 g/mol. The van der Waals surface area contributed by atoms with E-state index < -0.39 is 5.24 Å². The Bertz CT molecular complexity index is 740. The van der Waals surface area contributed by atoms with Crippen molar-refractivity contribution in [2.75, 3.05) is 6.61 Å². The Morgan fingerprint density at radius 2 is 2.04 bits per heavy atom. The van der Waals surface area contributed by atoms with Gasteiger partial charge in [0.2, 0.25) is 0 Å². The van der Waals surface area contributed by atoms with E-state index in [1.54, 1.807) is 18.2 Å². The van der Waals surface area contributed by atoms with Gasteiger partial charge in [-0.1, -0.05) is 42.3 Å². The molecule has 0 radical (unpaired) electrons. The Balaban J connectivity index is 0.00000301. The van der Waals surface area contributed by atoms with Gasteiger partial charge in [0.25, 0.3) is 5.24 Å². The van der Waals surface area contributed by atoms with E-state index in [4.69, 9.17) is 49.5 Å². The zero-order valence-electron chi connectivity index (χ0n) is 13.9. The van der Waals surface area contributed by atoms with E-state index in [0.717, 1.165) is 0 Å². The molecule has 0 atom stereocenters. The number of nitriles is 1. The Hall–Kier alpha value is -1.84. The highest BCUT2D eigenvalue weighted by Gasteiger charge is 2.01. The Morgan fingerprint density at radius 1 is 1.35 bits per heavy atom. The van der Waals surface area contributed by atoms with E-state index in [1.807, 2.05) is 13.0 Å². The summed E-state index contributed by atoms with van der Waals surface area (Å²) in [5, 5.41) is 8.98. The first-order valence-electron chi connectivity index (χ1n) is 7.15. The minimum Gasteiger partial charge on any atom is -0.485 e. The molecule has 0 saturated heterocycles. The lowest BCUT2D eigenvalue weighted by atomic mass is 10.2. The first-order valence-corrected chi connectivity index (χ1v) is 8.87. The highest BCUT2D eigenvalue weighted by Crippen LogP contribution is 2.21. The summed E-state index contributed by atoms with van der Waals surface area (Å²) in [7, 11) is 0. The van der Waals surface area contributed by atoms with Gasteiger partial charge in [-0.2, -0.15) is 5.26 Å². The molecule has 1 aromatic carbocycles. The van der Waals surface area contributed by atoms with Gasteiger partial charge in [0.1, 0.15) is 11.5 Å². The maximum atomic E-state index is 10.7. The van der Waals surface area contributed by atoms with Crippen LogP contribution in [-0.2, 0) is 9.53 Å². The van der Waals surface area contributed by atoms with Crippen LogP contribution in [0.1, 0.15) is 18.9 Å². The van der Waals surface area contributed by atoms with Gasteiger partial charge < -0.3 is 9.47 Å². The fourth-order valence-electron chi connectivity index (χ4n) is 1.56. The molecule has 138 valence electrons. The van der Waals surface area contributed by atoms with Crippen molar-refractivity contribution in [3.8, 4) is 11.8 Å². The van der Waals surface area contributed by atoms with Crippen LogP contribution in [0.4, 0.5) is 0 Å². The van der Waals surface area contributed by atoms with Gasteiger partial charge in [-0.15, -0.1) is 0 Å². The molecule has 0 amide bonds. The average molecular weight is 433 g/mol. The first kappa shape index (κ1) is 24.2. The second kappa shape index (κ2) is 14.3. The molecule has 0 aliphatic carbocycles. The minimum absolute atomic E-state index is 0.242. The van der Waals surface area contributed by atoms with Gasteiger partial charge >= 0.3 is 0 Å². The molecule has 1 aromatic rings. The number of halogens is 3. The number of rotatable bonds is 8. The van der Waals surface area contributed by atoms with Crippen molar-refractivity contribution in [1.82, 2.24) is 0 Å². The van der Waals surface area contributed by atoms with Crippen LogP contribution in [-0.4, -0.2) is 17.7 Å². The lowest BCUT2D eigenvalue weighted by Gasteiger charge is -2.04. The number of ether oxygens (including phenoxy) is 2. The lowest BCUT2D eigenvalue weighted by molar-refractivity contribution is -0.114. The molecule has 0 heterocycles. The van der Waals surface area contributed by atoms with Crippen LogP contribution in [0.2, 0.25) is 5.02 Å². The third-order valence-corrected chi connectivity index (χ3v) is 3.03. The molecule has 4 nitrogen and oxygen atoms in total. The Morgan fingerprint density at radius 3 is 2.62 bits per heavy atom. The van der Waals surface area contributed by atoms with E-state index >= 15 is 0 Å². The molecule has 8 heteroatoms. The van der Waals surface area contributed by atoms with Crippen molar-refractivity contribution >= 4 is 58.1 Å². The first-order chi connectivity index (χ1) is 12.4. The van der Waals surface area contributed by atoms with Gasteiger partial charge in [0.05, 0.1) is 17.9 Å². The number of nitrogens with zero attached hydrogens (tertiary/aromatic N) is 1. The standard InChI is InChI=1S/C17H14Cl3NO3.CH2S/c1-2-3-15(24-11-17(20)22)8-13(18)4-5-23-16-7-12(10-21)6-14(19)9-16;1-2/h3-9H,2,11H2,1H3;1H2/b5-4+,13-8+,15-3+;. The number of allylic oxidation sites excluding steroid dienone is 4. The molecule has 0 aromatic heterocycles. The second-order valence-electron chi connectivity index (χ2n) is 4.40. The van der Waals surface area contributed by atoms with Crippen molar-refractivity contribution in [3.05, 3.63) is 64.1 Å². The SMILES string of the molecule is C=S.CC\C=C(/C=C(Cl)\C=C\Oc1cc(Cl)cc(C#N)c1)OCC(=O)Cl. The summed E-state index contributed by atoms with van der Waals surface area (Å²) in [5.41, 5.74) is 0.389. The predicted molar refractivity (Wildman–Crippen MR) is 110 cm³/mol. The summed E-state index contributed by atoms with van der Waals surface area (Å²) in [5.74, 6) is 3.67. The summed E-state index contributed by atoms with van der Waals surface area (Å²) in [6.07, 6.45) is 6.83. The van der Waals surface area contributed by atoms with Gasteiger partial charge in [0.15, 0.2) is 6.61 Å². The number of thiocarbonyl (C=S) groups is 1. The topological polar surface area (TPSA) is 59.3 Å². The fourth-order valence-corrected chi connectivity index (χ4v) is 2.00. The van der Waals surface area contributed by atoms with Crippen molar-refractivity contribution in [2.24, 2.45) is 0 Å². The normalized spacial score (nSPS) is 11.3. The summed E-state index contributed by atoms with van der Waals surface area (Å²) in [4.78, 5) is 10.7. The third kappa shape index (κ3) is 10.9. The Labute approximate surface area is 173 Å². The van der Waals surface area contributed by atoms with Crippen LogP contribution >= 0.6 is 47.0 Å². The number of hydrogen-bond donors (Lipinski definition) is 0. The summed E-state index contributed by atoms with van der Waals surface area (Å²) < 4.78 is 10.6. The smallest absolute Gasteiger partial charge is 0.259 e. The second-order valence-corrected chi connectivity index (χ2v) is 5.69. The van der Waals surface area contributed by atoms with Crippen LogP contribution in [0.3, 0.4) is 0 Å². The van der Waals surface area contributed by atoms with Gasteiger partial charge in [-0.3, -0.25) is 4.79 Å². The lowest BCUT2D eigenvalue weighted by Crippen LogP contribution is -2.00. The van der Waals surface area contributed by atoms with E-state index in [1.165, 1.54) is 24.5 Å². The molecule has 0 aliphatic heterocycles. The number of hydrogen-bond acceptors (Lipinski definition) is 5. The quantitative estimate of drug-likeness (QED) is 0.221. The fraction of sp³-hybridized carbons (Fsp3) is 0.167. The highest BCUT2D eigenvalue weighted by molar-refractivity contribution is 7.77. The number of carbonyl (C=O) groups is 1. The van der Waals surface area contributed by atoms with Gasteiger partial charge in [-0.05, 0) is 60.3 Å². The monoisotopic (exact) mass is 431 g/mol. The van der Waals surface area contributed by atoms with Crippen molar-refractivity contribution in [2.45, 2.75) is 13.3 Å². The third-order valence-electron chi connectivity index (χ3n) is 2.47. The molecule has 0 bridgehead atoms. The molecule has 0 aliphatic rings. The van der Waals surface area contributed by atoms with Crippen LogP contribution in [0.25, 0.3) is 0 Å². The molecule has 0 spiro atoms. The van der Waals surface area contributed by atoms with E-state index in [2.05, 4.69) is 18.1 Å². The summed E-state index contributed by atoms with van der Waals surface area (Å²) in [6, 6.07) is 6.63. The average Bonchev–Trinajstić information content (AvgIpc) is 2.61. The molecule has 0 fully saturated rings. The van der Waals surface area contributed by atoms with Gasteiger partial charge in [-0.25, -0.2) is 0 Å². The Kier molecular flexibility index (Phi) is 13.3. The maximum Gasteiger partial charge on any atom is 0.259 e. The number of carbonyl (C=O) groups excluding carboxylic acids is 1. The minimum atomic E-state index is -0.602. The summed E-state index contributed by atoms with van der Waals surface area (Å²) >= 11 is 21.0. The largest absolute Gasteiger partial charge is 0.485 e. The highest BCUT2D eigenvalue weighted by atomic mass is 35.5. The van der Waals surface area contributed by atoms with Crippen molar-refractivity contribution < 1.29 is 14.3 Å². The maximum absolute atomic E-state index is 10.7. The van der Waals surface area contributed by atoms with Crippen LogP contribution in [0.5, 0.6) is 5.75 Å². The van der Waals surface area contributed by atoms with Crippen LogP contribution < -0.4 is 4.74 Å². The van der Waals surface area contributed by atoms with Gasteiger partial charge in [0, 0.05) is 10.1 Å². The van der Waals surface area contributed by atoms with Crippen LogP contribution in [0.15, 0.2) is 53.5 Å². The van der Waals surface area contributed by atoms with Crippen molar-refractivity contribution in [1.29, 1.82) is 5.26 Å².